The van der Waals surface area contributed by atoms with Crippen LogP contribution in [0.2, 0.25) is 0 Å². The maximum atomic E-state index is 13.1. The van der Waals surface area contributed by atoms with E-state index >= 15 is 0 Å². The molecule has 29 heavy (non-hydrogen) atoms. The molecule has 0 aliphatic carbocycles. The van der Waals surface area contributed by atoms with Gasteiger partial charge in [0.1, 0.15) is 6.16 Å². The number of carbonyl (C=O) groups excluding carboxylic acids is 2. The molecule has 0 aromatic heterocycles. The summed E-state index contributed by atoms with van der Waals surface area (Å²) < 4.78 is 22.3. The molecule has 0 saturated carbocycles. The van der Waals surface area contributed by atoms with Gasteiger partial charge in [-0.3, -0.25) is 14.2 Å². The molecule has 2 aromatic carbocycles. The average Bonchev–Trinajstić information content (AvgIpc) is 2.70. The van der Waals surface area contributed by atoms with Gasteiger partial charge >= 0.3 is 7.60 Å². The normalized spacial score (nSPS) is 12.4. The van der Waals surface area contributed by atoms with Gasteiger partial charge in [-0.25, -0.2) is 0 Å². The minimum absolute atomic E-state index is 0.268. The van der Waals surface area contributed by atoms with Crippen molar-refractivity contribution in [3.63, 3.8) is 0 Å². The Morgan fingerprint density at radius 3 is 2.07 bits per heavy atom. The van der Waals surface area contributed by atoms with Crippen molar-refractivity contribution in [1.82, 2.24) is 4.90 Å². The van der Waals surface area contributed by atoms with Crippen LogP contribution in [0.4, 0.5) is 0 Å². The number of rotatable bonds is 9. The van der Waals surface area contributed by atoms with Gasteiger partial charge in [-0.05, 0) is 38.0 Å². The Morgan fingerprint density at radius 1 is 1.00 bits per heavy atom. The maximum absolute atomic E-state index is 13.1. The van der Waals surface area contributed by atoms with Crippen molar-refractivity contribution < 1.29 is 23.2 Å². The molecule has 0 radical (unpaired) electrons. The second kappa shape index (κ2) is 9.97. The van der Waals surface area contributed by atoms with Crippen LogP contribution >= 0.6 is 7.60 Å². The Hall–Kier alpha value is -2.27. The van der Waals surface area contributed by atoms with E-state index in [4.69, 9.17) is 9.05 Å². The Kier molecular flexibility index (Phi) is 7.91. The predicted octanol–water partition coefficient (Wildman–Crippen LogP) is 4.04. The summed E-state index contributed by atoms with van der Waals surface area (Å²) in [6, 6.07) is 14.2. The quantitative estimate of drug-likeness (QED) is 0.576. The SMILES string of the molecule is COP(=O)(CC(=O)[C@@H](Cc1ccccc1)N(C)C(=O)c1cc(C)cc(C)c1)OC. The summed E-state index contributed by atoms with van der Waals surface area (Å²) >= 11 is 0. The van der Waals surface area contributed by atoms with E-state index in [1.807, 2.05) is 50.2 Å². The lowest BCUT2D eigenvalue weighted by Crippen LogP contribution is -2.45. The molecule has 156 valence electrons. The fourth-order valence-electron chi connectivity index (χ4n) is 3.25. The molecule has 2 rings (SSSR count). The van der Waals surface area contributed by atoms with Gasteiger partial charge in [0, 0.05) is 26.8 Å². The summed E-state index contributed by atoms with van der Waals surface area (Å²) in [4.78, 5) is 27.6. The zero-order valence-corrected chi connectivity index (χ0v) is 18.4. The van der Waals surface area contributed by atoms with Gasteiger partial charge in [-0.1, -0.05) is 47.5 Å². The molecular formula is C22H28NO5P. The van der Waals surface area contributed by atoms with Crippen molar-refractivity contribution in [1.29, 1.82) is 0 Å². The smallest absolute Gasteiger partial charge is 0.331 e. The lowest BCUT2D eigenvalue weighted by Gasteiger charge is -2.28. The molecule has 0 spiro atoms. The maximum Gasteiger partial charge on any atom is 0.337 e. The molecule has 7 heteroatoms. The highest BCUT2D eigenvalue weighted by Gasteiger charge is 2.34. The molecule has 0 aliphatic rings. The highest BCUT2D eigenvalue weighted by atomic mass is 31.2. The van der Waals surface area contributed by atoms with E-state index in [1.165, 1.54) is 19.1 Å². The fraction of sp³-hybridized carbons (Fsp3) is 0.364. The first-order chi connectivity index (χ1) is 13.7. The Balaban J connectivity index is 2.35. The lowest BCUT2D eigenvalue weighted by atomic mass is 10.00. The number of carbonyl (C=O) groups is 2. The topological polar surface area (TPSA) is 72.9 Å². The number of hydrogen-bond acceptors (Lipinski definition) is 5. The standard InChI is InChI=1S/C22H28NO5P/c1-16-11-17(2)13-19(12-16)22(25)23(3)20(14-18-9-7-6-8-10-18)21(24)15-29(26,27-4)28-5/h6-13,20H,14-15H2,1-5H3/t20-/m1/s1. The highest BCUT2D eigenvalue weighted by molar-refractivity contribution is 7.54. The summed E-state index contributed by atoms with van der Waals surface area (Å²) in [5, 5.41) is 0. The van der Waals surface area contributed by atoms with Crippen LogP contribution in [0.1, 0.15) is 27.0 Å². The largest absolute Gasteiger partial charge is 0.337 e. The van der Waals surface area contributed by atoms with Crippen LogP contribution in [0.3, 0.4) is 0 Å². The third-order valence-corrected chi connectivity index (χ3v) is 6.62. The summed E-state index contributed by atoms with van der Waals surface area (Å²) in [5.74, 6) is -0.642. The zero-order chi connectivity index (χ0) is 21.6. The molecule has 0 bridgehead atoms. The third-order valence-electron chi connectivity index (χ3n) is 4.81. The predicted molar refractivity (Wildman–Crippen MR) is 113 cm³/mol. The molecule has 0 aliphatic heterocycles. The number of ketones is 1. The van der Waals surface area contributed by atoms with Crippen molar-refractivity contribution in [3.8, 4) is 0 Å². The van der Waals surface area contributed by atoms with Gasteiger partial charge in [-0.15, -0.1) is 0 Å². The molecule has 0 heterocycles. The molecule has 2 aromatic rings. The number of likely N-dealkylation sites (N-methyl/N-ethyl adjacent to an activating group) is 1. The number of amides is 1. The van der Waals surface area contributed by atoms with Crippen LogP contribution in [0.15, 0.2) is 48.5 Å². The summed E-state index contributed by atoms with van der Waals surface area (Å²) in [6.07, 6.45) is -0.0951. The second-order valence-electron chi connectivity index (χ2n) is 7.10. The lowest BCUT2D eigenvalue weighted by molar-refractivity contribution is -0.121. The average molecular weight is 417 g/mol. The number of benzene rings is 2. The minimum atomic E-state index is -3.54. The number of nitrogens with zero attached hydrogens (tertiary/aromatic N) is 1. The molecule has 0 fully saturated rings. The fourth-order valence-corrected chi connectivity index (χ4v) is 4.25. The van der Waals surface area contributed by atoms with Gasteiger partial charge in [0.25, 0.3) is 5.91 Å². The van der Waals surface area contributed by atoms with E-state index in [-0.39, 0.29) is 11.7 Å². The Morgan fingerprint density at radius 2 is 1.55 bits per heavy atom. The molecular weight excluding hydrogens is 389 g/mol. The molecule has 1 amide bonds. The van der Waals surface area contributed by atoms with Gasteiger partial charge < -0.3 is 13.9 Å². The first kappa shape index (κ1) is 23.0. The molecule has 1 atom stereocenters. The molecule has 0 saturated heterocycles. The Labute approximate surface area is 172 Å². The minimum Gasteiger partial charge on any atom is -0.331 e. The van der Waals surface area contributed by atoms with Gasteiger partial charge in [0.2, 0.25) is 0 Å². The first-order valence-electron chi connectivity index (χ1n) is 9.31. The van der Waals surface area contributed by atoms with Gasteiger partial charge in [0.15, 0.2) is 5.78 Å². The van der Waals surface area contributed by atoms with E-state index in [2.05, 4.69) is 0 Å². The van der Waals surface area contributed by atoms with Crippen molar-refractivity contribution in [2.75, 3.05) is 27.4 Å². The number of aryl methyl sites for hydroxylation is 2. The second-order valence-corrected chi connectivity index (χ2v) is 9.37. The monoisotopic (exact) mass is 417 g/mol. The molecule has 0 unspecified atom stereocenters. The van der Waals surface area contributed by atoms with E-state index in [0.717, 1.165) is 16.7 Å². The van der Waals surface area contributed by atoms with E-state index in [1.54, 1.807) is 19.2 Å². The van der Waals surface area contributed by atoms with Crippen molar-refractivity contribution in [3.05, 3.63) is 70.8 Å². The summed E-state index contributed by atoms with van der Waals surface area (Å²) in [5.41, 5.74) is 3.35. The van der Waals surface area contributed by atoms with E-state index < -0.39 is 19.8 Å². The molecule has 6 nitrogen and oxygen atoms in total. The molecule has 0 N–H and O–H groups in total. The number of hydrogen-bond donors (Lipinski definition) is 0. The van der Waals surface area contributed by atoms with Crippen LogP contribution in [-0.4, -0.2) is 50.1 Å². The van der Waals surface area contributed by atoms with Crippen LogP contribution < -0.4 is 0 Å². The summed E-state index contributed by atoms with van der Waals surface area (Å²) in [6.45, 7) is 3.84. The summed E-state index contributed by atoms with van der Waals surface area (Å²) in [7, 11) is 0.541. The van der Waals surface area contributed by atoms with Gasteiger partial charge in [0.05, 0.1) is 6.04 Å². The van der Waals surface area contributed by atoms with Crippen molar-refractivity contribution in [2.45, 2.75) is 26.3 Å². The van der Waals surface area contributed by atoms with Gasteiger partial charge in [-0.2, -0.15) is 0 Å². The Bertz CT molecular complexity index is 884. The third kappa shape index (κ3) is 6.10. The van der Waals surface area contributed by atoms with Crippen LogP contribution in [0.25, 0.3) is 0 Å². The van der Waals surface area contributed by atoms with Crippen LogP contribution in [0, 0.1) is 13.8 Å². The zero-order valence-electron chi connectivity index (χ0n) is 17.5. The number of Topliss-reactive ketones (excluding diaryl/α,β-unsaturated/α-hetero) is 1. The van der Waals surface area contributed by atoms with Crippen LogP contribution in [-0.2, 0) is 24.8 Å². The first-order valence-corrected chi connectivity index (χ1v) is 11.0. The van der Waals surface area contributed by atoms with E-state index in [9.17, 15) is 14.2 Å². The van der Waals surface area contributed by atoms with Crippen LogP contribution in [0.5, 0.6) is 0 Å². The van der Waals surface area contributed by atoms with Crippen molar-refractivity contribution >= 4 is 19.3 Å². The highest BCUT2D eigenvalue weighted by Crippen LogP contribution is 2.46. The van der Waals surface area contributed by atoms with E-state index in [0.29, 0.717) is 12.0 Å². The van der Waals surface area contributed by atoms with Crippen molar-refractivity contribution in [2.24, 2.45) is 0 Å².